The standard InChI is InChI=1S/C26H22O5/c1-29-26(28)14-21-17-31-25-15-23(11-12-24(21)25)30-16-20-4-2-3-19(13-20)6-5-18-7-9-22(27)10-8-18/h2-4,7-13,15,21,27H,14,16-17H2,1H3. The second kappa shape index (κ2) is 9.27. The average molecular weight is 414 g/mol. The summed E-state index contributed by atoms with van der Waals surface area (Å²) in [4.78, 5) is 11.5. The van der Waals surface area contributed by atoms with Gasteiger partial charge >= 0.3 is 5.97 Å². The van der Waals surface area contributed by atoms with E-state index in [2.05, 4.69) is 11.8 Å². The molecule has 0 saturated heterocycles. The molecule has 1 heterocycles. The minimum atomic E-state index is -0.241. The summed E-state index contributed by atoms with van der Waals surface area (Å²) in [6.45, 7) is 0.870. The lowest BCUT2D eigenvalue weighted by Crippen LogP contribution is -2.09. The summed E-state index contributed by atoms with van der Waals surface area (Å²) >= 11 is 0. The number of hydrogen-bond donors (Lipinski definition) is 1. The molecule has 0 aromatic heterocycles. The monoisotopic (exact) mass is 414 g/mol. The van der Waals surface area contributed by atoms with Gasteiger partial charge in [0.05, 0.1) is 20.1 Å². The first-order chi connectivity index (χ1) is 15.1. The van der Waals surface area contributed by atoms with Gasteiger partial charge in [0.2, 0.25) is 0 Å². The highest BCUT2D eigenvalue weighted by Gasteiger charge is 2.27. The number of carbonyl (C=O) groups is 1. The Bertz CT molecular complexity index is 1140. The fraction of sp³-hybridized carbons (Fsp3) is 0.192. The Morgan fingerprint density at radius 1 is 1.06 bits per heavy atom. The number of fused-ring (bicyclic) bond motifs is 1. The number of rotatable bonds is 5. The van der Waals surface area contributed by atoms with Crippen molar-refractivity contribution in [3.05, 3.63) is 89.0 Å². The molecule has 5 heteroatoms. The van der Waals surface area contributed by atoms with Crippen LogP contribution in [0.15, 0.2) is 66.7 Å². The summed E-state index contributed by atoms with van der Waals surface area (Å²) in [7, 11) is 1.39. The van der Waals surface area contributed by atoms with Crippen molar-refractivity contribution in [1.29, 1.82) is 0 Å². The van der Waals surface area contributed by atoms with Crippen LogP contribution in [0.5, 0.6) is 17.2 Å². The molecule has 0 bridgehead atoms. The summed E-state index contributed by atoms with van der Waals surface area (Å²) in [6.07, 6.45) is 0.307. The third-order valence-corrected chi connectivity index (χ3v) is 5.06. The van der Waals surface area contributed by atoms with Gasteiger partial charge in [-0.3, -0.25) is 4.79 Å². The van der Waals surface area contributed by atoms with Crippen LogP contribution in [0.1, 0.15) is 34.6 Å². The lowest BCUT2D eigenvalue weighted by molar-refractivity contribution is -0.141. The van der Waals surface area contributed by atoms with E-state index in [1.165, 1.54) is 7.11 Å². The van der Waals surface area contributed by atoms with E-state index >= 15 is 0 Å². The number of aromatic hydroxyl groups is 1. The molecular formula is C26H22O5. The largest absolute Gasteiger partial charge is 0.508 e. The zero-order chi connectivity index (χ0) is 21.6. The topological polar surface area (TPSA) is 65.0 Å². The van der Waals surface area contributed by atoms with Gasteiger partial charge < -0.3 is 19.3 Å². The number of hydrogen-bond acceptors (Lipinski definition) is 5. The van der Waals surface area contributed by atoms with E-state index in [1.807, 2.05) is 42.5 Å². The van der Waals surface area contributed by atoms with Gasteiger partial charge in [0.1, 0.15) is 23.9 Å². The highest BCUT2D eigenvalue weighted by atomic mass is 16.5. The van der Waals surface area contributed by atoms with Gasteiger partial charge in [0.15, 0.2) is 0 Å². The Kier molecular flexibility index (Phi) is 6.09. The highest BCUT2D eigenvalue weighted by Crippen LogP contribution is 2.38. The first-order valence-electron chi connectivity index (χ1n) is 9.97. The van der Waals surface area contributed by atoms with E-state index in [0.29, 0.717) is 25.4 Å². The number of phenols is 1. The van der Waals surface area contributed by atoms with Crippen LogP contribution in [0.3, 0.4) is 0 Å². The third kappa shape index (κ3) is 5.18. The highest BCUT2D eigenvalue weighted by molar-refractivity contribution is 5.71. The van der Waals surface area contributed by atoms with Crippen LogP contribution >= 0.6 is 0 Å². The molecule has 1 atom stereocenters. The molecule has 0 aliphatic carbocycles. The molecule has 1 aliphatic heterocycles. The quantitative estimate of drug-likeness (QED) is 0.495. The van der Waals surface area contributed by atoms with Crippen LogP contribution in [-0.4, -0.2) is 24.8 Å². The fourth-order valence-corrected chi connectivity index (χ4v) is 3.39. The van der Waals surface area contributed by atoms with E-state index in [1.54, 1.807) is 24.3 Å². The third-order valence-electron chi connectivity index (χ3n) is 5.06. The molecule has 1 aliphatic rings. The molecule has 3 aromatic rings. The van der Waals surface area contributed by atoms with Gasteiger partial charge in [0, 0.05) is 28.7 Å². The molecule has 0 fully saturated rings. The van der Waals surface area contributed by atoms with Crippen molar-refractivity contribution in [3.8, 4) is 29.1 Å². The van der Waals surface area contributed by atoms with Crippen LogP contribution in [0, 0.1) is 11.8 Å². The molecular weight excluding hydrogens is 392 g/mol. The maximum absolute atomic E-state index is 11.5. The van der Waals surface area contributed by atoms with Crippen LogP contribution in [0.25, 0.3) is 0 Å². The summed E-state index contributed by atoms with van der Waals surface area (Å²) in [5, 5.41) is 9.35. The summed E-state index contributed by atoms with van der Waals surface area (Å²) in [5.41, 5.74) is 3.73. The smallest absolute Gasteiger partial charge is 0.306 e. The first-order valence-corrected chi connectivity index (χ1v) is 9.97. The predicted molar refractivity (Wildman–Crippen MR) is 116 cm³/mol. The molecule has 4 rings (SSSR count). The maximum atomic E-state index is 11.5. The van der Waals surface area contributed by atoms with Crippen molar-refractivity contribution in [3.63, 3.8) is 0 Å². The van der Waals surface area contributed by atoms with Crippen molar-refractivity contribution in [2.24, 2.45) is 0 Å². The van der Waals surface area contributed by atoms with E-state index in [9.17, 15) is 9.90 Å². The summed E-state index contributed by atoms with van der Waals surface area (Å²) in [5.74, 6) is 7.67. The summed E-state index contributed by atoms with van der Waals surface area (Å²) in [6, 6.07) is 20.4. The number of phenolic OH excluding ortho intramolecular Hbond substituents is 1. The Hall–Kier alpha value is -3.91. The van der Waals surface area contributed by atoms with Gasteiger partial charge in [0.25, 0.3) is 0 Å². The molecule has 0 amide bonds. The van der Waals surface area contributed by atoms with Gasteiger partial charge in [-0.25, -0.2) is 0 Å². The predicted octanol–water partition coefficient (Wildman–Crippen LogP) is 4.41. The Morgan fingerprint density at radius 3 is 2.68 bits per heavy atom. The second-order valence-electron chi connectivity index (χ2n) is 7.27. The SMILES string of the molecule is COC(=O)CC1COc2cc(OCc3cccc(C#Cc4ccc(O)cc4)c3)ccc21. The molecule has 0 radical (unpaired) electrons. The Labute approximate surface area is 181 Å². The number of carbonyl (C=O) groups excluding carboxylic acids is 1. The van der Waals surface area contributed by atoms with Gasteiger partial charge in [-0.1, -0.05) is 30.0 Å². The van der Waals surface area contributed by atoms with Crippen LogP contribution in [0.2, 0.25) is 0 Å². The molecule has 31 heavy (non-hydrogen) atoms. The molecule has 1 N–H and O–H groups in total. The normalized spacial score (nSPS) is 14.0. The first kappa shape index (κ1) is 20.4. The van der Waals surface area contributed by atoms with Crippen molar-refractivity contribution >= 4 is 5.97 Å². The number of benzene rings is 3. The van der Waals surface area contributed by atoms with Crippen molar-refractivity contribution in [1.82, 2.24) is 0 Å². The van der Waals surface area contributed by atoms with Gasteiger partial charge in [-0.05, 0) is 48.0 Å². The van der Waals surface area contributed by atoms with E-state index in [-0.39, 0.29) is 17.6 Å². The fourth-order valence-electron chi connectivity index (χ4n) is 3.39. The molecule has 0 spiro atoms. The summed E-state index contributed by atoms with van der Waals surface area (Å²) < 4.78 is 16.4. The van der Waals surface area contributed by atoms with E-state index in [0.717, 1.165) is 28.0 Å². The van der Waals surface area contributed by atoms with E-state index < -0.39 is 0 Å². The van der Waals surface area contributed by atoms with Crippen LogP contribution in [0.4, 0.5) is 0 Å². The minimum absolute atomic E-state index is 0.0142. The molecule has 3 aromatic carbocycles. The molecule has 5 nitrogen and oxygen atoms in total. The number of methoxy groups -OCH3 is 1. The van der Waals surface area contributed by atoms with Crippen LogP contribution in [-0.2, 0) is 16.1 Å². The van der Waals surface area contributed by atoms with Crippen LogP contribution < -0.4 is 9.47 Å². The Balaban J connectivity index is 1.39. The van der Waals surface area contributed by atoms with Gasteiger partial charge in [-0.2, -0.15) is 0 Å². The van der Waals surface area contributed by atoms with Crippen molar-refractivity contribution < 1.29 is 24.1 Å². The van der Waals surface area contributed by atoms with Crippen molar-refractivity contribution in [2.45, 2.75) is 18.9 Å². The zero-order valence-electron chi connectivity index (χ0n) is 17.1. The second-order valence-corrected chi connectivity index (χ2v) is 7.27. The minimum Gasteiger partial charge on any atom is -0.508 e. The lowest BCUT2D eigenvalue weighted by atomic mass is 9.98. The lowest BCUT2D eigenvalue weighted by Gasteiger charge is -2.09. The Morgan fingerprint density at radius 2 is 1.87 bits per heavy atom. The number of ether oxygens (including phenoxy) is 3. The molecule has 1 unspecified atom stereocenters. The average Bonchev–Trinajstić information content (AvgIpc) is 3.19. The molecule has 0 saturated carbocycles. The van der Waals surface area contributed by atoms with Crippen molar-refractivity contribution in [2.75, 3.05) is 13.7 Å². The molecule has 156 valence electrons. The maximum Gasteiger partial charge on any atom is 0.306 e. The zero-order valence-corrected chi connectivity index (χ0v) is 17.1. The van der Waals surface area contributed by atoms with E-state index in [4.69, 9.17) is 14.2 Å². The van der Waals surface area contributed by atoms with Gasteiger partial charge in [-0.15, -0.1) is 0 Å². The number of esters is 1.